The number of ether oxygens (including phenoxy) is 1. The van der Waals surface area contributed by atoms with E-state index in [-0.39, 0.29) is 24.4 Å². The fraction of sp³-hybridized carbons (Fsp3) is 0.500. The van der Waals surface area contributed by atoms with E-state index in [9.17, 15) is 4.79 Å². The van der Waals surface area contributed by atoms with Gasteiger partial charge in [0.25, 0.3) is 5.91 Å². The highest BCUT2D eigenvalue weighted by atomic mass is 35.5. The van der Waals surface area contributed by atoms with E-state index in [1.807, 2.05) is 17.0 Å². The molecule has 1 saturated heterocycles. The lowest BCUT2D eigenvalue weighted by atomic mass is 10.2. The van der Waals surface area contributed by atoms with E-state index in [1.165, 1.54) is 0 Å². The summed E-state index contributed by atoms with van der Waals surface area (Å²) in [6.45, 7) is 3.01. The molecule has 1 aliphatic rings. The summed E-state index contributed by atoms with van der Waals surface area (Å²) in [5.74, 6) is 0.515. The summed E-state index contributed by atoms with van der Waals surface area (Å²) in [5.41, 5.74) is 5.68. The minimum atomic E-state index is -0.549. The molecule has 1 aromatic rings. The first-order valence-corrected chi connectivity index (χ1v) is 6.93. The van der Waals surface area contributed by atoms with Crippen LogP contribution in [0, 0.1) is 0 Å². The van der Waals surface area contributed by atoms with Crippen LogP contribution in [0.1, 0.15) is 19.8 Å². The fourth-order valence-electron chi connectivity index (χ4n) is 2.39. The molecule has 0 radical (unpaired) electrons. The minimum Gasteiger partial charge on any atom is -0.479 e. The zero-order valence-electron chi connectivity index (χ0n) is 11.4. The number of nitrogens with two attached hydrogens (primary N) is 1. The second kappa shape index (κ2) is 7.72. The van der Waals surface area contributed by atoms with Crippen LogP contribution in [-0.2, 0) is 4.79 Å². The molecule has 1 aliphatic heterocycles. The van der Waals surface area contributed by atoms with Crippen LogP contribution < -0.4 is 10.5 Å². The number of rotatable bonds is 4. The Hall–Kier alpha value is -0.970. The largest absolute Gasteiger partial charge is 0.479 e. The molecule has 0 aromatic heterocycles. The lowest BCUT2D eigenvalue weighted by Crippen LogP contribution is -2.45. The van der Waals surface area contributed by atoms with Crippen molar-refractivity contribution < 1.29 is 9.53 Å². The molecule has 4 nitrogen and oxygen atoms in total. The van der Waals surface area contributed by atoms with Gasteiger partial charge in [-0.2, -0.15) is 0 Å². The number of carbonyl (C=O) groups is 1. The minimum absolute atomic E-state index is 0. The van der Waals surface area contributed by atoms with Crippen molar-refractivity contribution in [3.63, 3.8) is 0 Å². The normalized spacial score (nSPS) is 19.4. The summed E-state index contributed by atoms with van der Waals surface area (Å²) in [5, 5.41) is 0.513. The van der Waals surface area contributed by atoms with Crippen molar-refractivity contribution in [2.45, 2.75) is 31.9 Å². The number of hydrogen-bond donors (Lipinski definition) is 1. The Morgan fingerprint density at radius 3 is 2.90 bits per heavy atom. The van der Waals surface area contributed by atoms with Crippen molar-refractivity contribution >= 4 is 29.9 Å². The fourth-order valence-corrected chi connectivity index (χ4v) is 2.57. The first kappa shape index (κ1) is 17.1. The molecule has 2 unspecified atom stereocenters. The average molecular weight is 319 g/mol. The van der Waals surface area contributed by atoms with E-state index in [4.69, 9.17) is 22.1 Å². The van der Waals surface area contributed by atoms with Crippen LogP contribution in [0.2, 0.25) is 5.02 Å². The highest BCUT2D eigenvalue weighted by molar-refractivity contribution is 6.32. The van der Waals surface area contributed by atoms with Gasteiger partial charge < -0.3 is 15.4 Å². The highest BCUT2D eigenvalue weighted by Crippen LogP contribution is 2.25. The predicted molar refractivity (Wildman–Crippen MR) is 82.6 cm³/mol. The first-order chi connectivity index (χ1) is 9.13. The van der Waals surface area contributed by atoms with Gasteiger partial charge >= 0.3 is 0 Å². The Bertz CT molecular complexity index is 457. The van der Waals surface area contributed by atoms with Gasteiger partial charge in [-0.25, -0.2) is 0 Å². The monoisotopic (exact) mass is 318 g/mol. The Morgan fingerprint density at radius 1 is 1.55 bits per heavy atom. The van der Waals surface area contributed by atoms with E-state index >= 15 is 0 Å². The second-order valence-electron chi connectivity index (χ2n) is 4.75. The zero-order chi connectivity index (χ0) is 13.8. The van der Waals surface area contributed by atoms with Crippen molar-refractivity contribution in [1.29, 1.82) is 0 Å². The van der Waals surface area contributed by atoms with Crippen molar-refractivity contribution in [3.8, 4) is 5.75 Å². The standard InChI is InChI=1S/C14H19ClN2O2.ClH/c1-10(19-13-7-3-2-6-12(13)15)14(18)17-8-4-5-11(17)9-16;/h2-3,6-7,10-11H,4-5,8-9,16H2,1H3;1H. The van der Waals surface area contributed by atoms with Crippen molar-refractivity contribution in [1.82, 2.24) is 4.90 Å². The maximum absolute atomic E-state index is 12.3. The molecule has 1 fully saturated rings. The molecule has 20 heavy (non-hydrogen) atoms. The van der Waals surface area contributed by atoms with Gasteiger partial charge in [0.1, 0.15) is 5.75 Å². The lowest BCUT2D eigenvalue weighted by Gasteiger charge is -2.27. The second-order valence-corrected chi connectivity index (χ2v) is 5.16. The summed E-state index contributed by atoms with van der Waals surface area (Å²) in [4.78, 5) is 14.2. The van der Waals surface area contributed by atoms with Crippen LogP contribution in [0.3, 0.4) is 0 Å². The predicted octanol–water partition coefficient (Wildman–Crippen LogP) is 2.48. The quantitative estimate of drug-likeness (QED) is 0.927. The molecule has 6 heteroatoms. The van der Waals surface area contributed by atoms with Gasteiger partial charge in [-0.05, 0) is 31.9 Å². The molecule has 1 heterocycles. The molecule has 0 spiro atoms. The third-order valence-electron chi connectivity index (χ3n) is 3.42. The van der Waals surface area contributed by atoms with Gasteiger partial charge in [0.05, 0.1) is 5.02 Å². The number of likely N-dealkylation sites (tertiary alicyclic amines) is 1. The molecular weight excluding hydrogens is 299 g/mol. The maximum atomic E-state index is 12.3. The first-order valence-electron chi connectivity index (χ1n) is 6.55. The SMILES string of the molecule is CC(Oc1ccccc1Cl)C(=O)N1CCCC1CN.Cl. The van der Waals surface area contributed by atoms with Crippen molar-refractivity contribution in [2.75, 3.05) is 13.1 Å². The van der Waals surface area contributed by atoms with Gasteiger partial charge in [-0.15, -0.1) is 12.4 Å². The van der Waals surface area contributed by atoms with Gasteiger partial charge in [0.2, 0.25) is 0 Å². The number of hydrogen-bond acceptors (Lipinski definition) is 3. The molecule has 0 bridgehead atoms. The Labute approximate surface area is 130 Å². The molecule has 2 N–H and O–H groups in total. The number of para-hydroxylation sites is 1. The Morgan fingerprint density at radius 2 is 2.25 bits per heavy atom. The van der Waals surface area contributed by atoms with Crippen LogP contribution in [0.25, 0.3) is 0 Å². The summed E-state index contributed by atoms with van der Waals surface area (Å²) in [6, 6.07) is 7.30. The van der Waals surface area contributed by atoms with Crippen LogP contribution in [0.15, 0.2) is 24.3 Å². The molecular formula is C14H20Cl2N2O2. The third kappa shape index (κ3) is 3.78. The zero-order valence-corrected chi connectivity index (χ0v) is 13.0. The number of carbonyl (C=O) groups excluding carboxylic acids is 1. The van der Waals surface area contributed by atoms with Gasteiger partial charge in [-0.1, -0.05) is 23.7 Å². The highest BCUT2D eigenvalue weighted by Gasteiger charge is 2.31. The molecule has 2 rings (SSSR count). The van der Waals surface area contributed by atoms with E-state index in [1.54, 1.807) is 19.1 Å². The number of amides is 1. The van der Waals surface area contributed by atoms with Crippen LogP contribution >= 0.6 is 24.0 Å². The molecule has 0 aliphatic carbocycles. The number of halogens is 2. The summed E-state index contributed by atoms with van der Waals surface area (Å²) < 4.78 is 5.65. The van der Waals surface area contributed by atoms with Gasteiger partial charge in [-0.3, -0.25) is 4.79 Å². The van der Waals surface area contributed by atoms with Crippen LogP contribution in [-0.4, -0.2) is 36.0 Å². The number of nitrogens with zero attached hydrogens (tertiary/aromatic N) is 1. The van der Waals surface area contributed by atoms with E-state index < -0.39 is 6.10 Å². The molecule has 1 amide bonds. The van der Waals surface area contributed by atoms with Gasteiger partial charge in [0, 0.05) is 19.1 Å². The summed E-state index contributed by atoms with van der Waals surface area (Å²) in [6.07, 6.45) is 1.43. The van der Waals surface area contributed by atoms with Crippen molar-refractivity contribution in [2.24, 2.45) is 5.73 Å². The maximum Gasteiger partial charge on any atom is 0.263 e. The summed E-state index contributed by atoms with van der Waals surface area (Å²) >= 11 is 6.02. The van der Waals surface area contributed by atoms with Crippen LogP contribution in [0.5, 0.6) is 5.75 Å². The molecule has 1 aromatic carbocycles. The average Bonchev–Trinajstić information content (AvgIpc) is 2.88. The van der Waals surface area contributed by atoms with E-state index in [0.717, 1.165) is 19.4 Å². The topological polar surface area (TPSA) is 55.6 Å². The Kier molecular flexibility index (Phi) is 6.59. The lowest BCUT2D eigenvalue weighted by molar-refractivity contribution is -0.138. The molecule has 2 atom stereocenters. The summed E-state index contributed by atoms with van der Waals surface area (Å²) in [7, 11) is 0. The van der Waals surface area contributed by atoms with Crippen molar-refractivity contribution in [3.05, 3.63) is 29.3 Å². The van der Waals surface area contributed by atoms with Gasteiger partial charge in [0.15, 0.2) is 6.10 Å². The van der Waals surface area contributed by atoms with E-state index in [0.29, 0.717) is 17.3 Å². The number of benzene rings is 1. The molecule has 0 saturated carbocycles. The van der Waals surface area contributed by atoms with Crippen LogP contribution in [0.4, 0.5) is 0 Å². The van der Waals surface area contributed by atoms with E-state index in [2.05, 4.69) is 0 Å². The third-order valence-corrected chi connectivity index (χ3v) is 3.73. The molecule has 112 valence electrons. The Balaban J connectivity index is 0.00000200. The smallest absolute Gasteiger partial charge is 0.263 e.